The molecule has 0 aliphatic carbocycles. The Morgan fingerprint density at radius 2 is 2.07 bits per heavy atom. The fourth-order valence-electron chi connectivity index (χ4n) is 2.19. The van der Waals surface area contributed by atoms with E-state index in [9.17, 15) is 22.8 Å². The Bertz CT molecular complexity index is 925. The van der Waals surface area contributed by atoms with Crippen molar-refractivity contribution in [3.05, 3.63) is 41.7 Å². The molecular formula is C18H19ClF3N5O3. The first kappa shape index (κ1) is 24.8. The molecule has 162 valence electrons. The summed E-state index contributed by atoms with van der Waals surface area (Å²) < 4.78 is 45.3. The lowest BCUT2D eigenvalue weighted by Gasteiger charge is -2.18. The van der Waals surface area contributed by atoms with Gasteiger partial charge in [0, 0.05) is 11.9 Å². The third-order valence-corrected chi connectivity index (χ3v) is 3.61. The number of esters is 1. The lowest BCUT2D eigenvalue weighted by atomic mass is 10.1. The number of aromatic nitrogens is 2. The van der Waals surface area contributed by atoms with E-state index < -0.39 is 41.2 Å². The lowest BCUT2D eigenvalue weighted by molar-refractivity contribution is -0.152. The quantitative estimate of drug-likeness (QED) is 0.520. The second-order valence-corrected chi connectivity index (χ2v) is 5.73. The predicted molar refractivity (Wildman–Crippen MR) is 103 cm³/mol. The van der Waals surface area contributed by atoms with Gasteiger partial charge < -0.3 is 15.8 Å². The number of hydrogen-bond acceptors (Lipinski definition) is 6. The van der Waals surface area contributed by atoms with Gasteiger partial charge in [-0.3, -0.25) is 14.3 Å². The molecule has 0 aliphatic rings. The molecule has 1 aromatic heterocycles. The minimum absolute atomic E-state index is 0.233. The molecule has 12 heteroatoms. The minimum atomic E-state index is -4.79. The Kier molecular flexibility index (Phi) is 9.14. The molecule has 0 bridgehead atoms. The molecule has 0 fully saturated rings. The molecular weight excluding hydrogens is 427 g/mol. The molecule has 0 saturated carbocycles. The zero-order valence-corrected chi connectivity index (χ0v) is 16.8. The maximum Gasteiger partial charge on any atom is 0.417 e. The van der Waals surface area contributed by atoms with E-state index in [1.807, 2.05) is 13.8 Å². The van der Waals surface area contributed by atoms with Crippen LogP contribution >= 0.6 is 11.6 Å². The Morgan fingerprint density at radius 3 is 2.57 bits per heavy atom. The largest absolute Gasteiger partial charge is 0.449 e. The van der Waals surface area contributed by atoms with Gasteiger partial charge in [0.1, 0.15) is 5.88 Å². The maximum absolute atomic E-state index is 13.0. The zero-order valence-electron chi connectivity index (χ0n) is 16.0. The fourth-order valence-corrected chi connectivity index (χ4v) is 2.25. The Balaban J connectivity index is 0.00000218. The number of halogens is 4. The van der Waals surface area contributed by atoms with E-state index in [1.165, 1.54) is 23.1 Å². The number of hydrogen-bond donors (Lipinski definition) is 2. The van der Waals surface area contributed by atoms with Gasteiger partial charge in [0.15, 0.2) is 6.10 Å². The van der Waals surface area contributed by atoms with Crippen molar-refractivity contribution in [2.24, 2.45) is 0 Å². The molecule has 1 unspecified atom stereocenters. The van der Waals surface area contributed by atoms with Crippen LogP contribution in [0.4, 0.5) is 24.5 Å². The van der Waals surface area contributed by atoms with Crippen LogP contribution < -0.4 is 11.1 Å². The van der Waals surface area contributed by atoms with Crippen LogP contribution in [0.5, 0.6) is 0 Å². The molecule has 2 aromatic rings. The summed E-state index contributed by atoms with van der Waals surface area (Å²) >= 11 is 5.37. The first-order valence-electron chi connectivity index (χ1n) is 8.59. The van der Waals surface area contributed by atoms with E-state index in [0.29, 0.717) is 11.8 Å². The van der Waals surface area contributed by atoms with Crippen molar-refractivity contribution < 1.29 is 27.5 Å². The number of nitrogens with one attached hydrogen (secondary N) is 1. The van der Waals surface area contributed by atoms with E-state index in [1.54, 1.807) is 0 Å². The number of carbonyl (C=O) groups excluding carboxylic acids is 2. The van der Waals surface area contributed by atoms with Crippen molar-refractivity contribution in [3.63, 3.8) is 0 Å². The van der Waals surface area contributed by atoms with Crippen LogP contribution in [0.3, 0.4) is 0 Å². The van der Waals surface area contributed by atoms with Gasteiger partial charge in [-0.25, -0.2) is 0 Å². The third kappa shape index (κ3) is 6.97. The molecule has 0 spiro atoms. The average Bonchev–Trinajstić information content (AvgIpc) is 3.12. The Morgan fingerprint density at radius 1 is 1.40 bits per heavy atom. The SMILES string of the molecule is CC.N#Cc1ccc(NC(=O)C(Cn2cc(N)cn2)OC(=O)CCl)cc1C(F)(F)F. The van der Waals surface area contributed by atoms with Crippen molar-refractivity contribution in [1.82, 2.24) is 9.78 Å². The maximum atomic E-state index is 13.0. The normalized spacial score (nSPS) is 11.5. The number of alkyl halides is 4. The predicted octanol–water partition coefficient (Wildman–Crippen LogP) is 3.17. The van der Waals surface area contributed by atoms with Gasteiger partial charge in [0.2, 0.25) is 0 Å². The lowest BCUT2D eigenvalue weighted by Crippen LogP contribution is -2.36. The van der Waals surface area contributed by atoms with Crippen LogP contribution in [-0.4, -0.2) is 33.6 Å². The number of nitriles is 1. The van der Waals surface area contributed by atoms with Gasteiger partial charge in [-0.15, -0.1) is 11.6 Å². The minimum Gasteiger partial charge on any atom is -0.449 e. The molecule has 30 heavy (non-hydrogen) atoms. The van der Waals surface area contributed by atoms with E-state index in [0.717, 1.165) is 12.1 Å². The van der Waals surface area contributed by atoms with Crippen LogP contribution in [-0.2, 0) is 27.0 Å². The molecule has 1 atom stereocenters. The Hall–Kier alpha value is -3.26. The number of amides is 1. The highest BCUT2D eigenvalue weighted by Crippen LogP contribution is 2.33. The van der Waals surface area contributed by atoms with E-state index in [4.69, 9.17) is 27.3 Å². The number of ether oxygens (including phenoxy) is 1. The summed E-state index contributed by atoms with van der Waals surface area (Å²) in [6, 6.07) is 4.09. The number of benzene rings is 1. The molecule has 0 aliphatic heterocycles. The smallest absolute Gasteiger partial charge is 0.417 e. The van der Waals surface area contributed by atoms with Gasteiger partial charge >= 0.3 is 12.1 Å². The van der Waals surface area contributed by atoms with Gasteiger partial charge in [-0.1, -0.05) is 13.8 Å². The second kappa shape index (κ2) is 11.1. The van der Waals surface area contributed by atoms with Gasteiger partial charge in [-0.2, -0.15) is 23.5 Å². The number of nitrogen functional groups attached to an aromatic ring is 1. The van der Waals surface area contributed by atoms with Crippen LogP contribution in [0.1, 0.15) is 25.0 Å². The molecule has 0 saturated heterocycles. The molecule has 0 radical (unpaired) electrons. The summed E-state index contributed by atoms with van der Waals surface area (Å²) in [6.07, 6.45) is -3.55. The summed E-state index contributed by atoms with van der Waals surface area (Å²) in [5, 5.41) is 14.9. The average molecular weight is 446 g/mol. The number of anilines is 2. The number of carbonyl (C=O) groups is 2. The highest BCUT2D eigenvalue weighted by molar-refractivity contribution is 6.26. The van der Waals surface area contributed by atoms with Crippen molar-refractivity contribution >= 4 is 34.9 Å². The van der Waals surface area contributed by atoms with Gasteiger partial charge in [0.25, 0.3) is 5.91 Å². The van der Waals surface area contributed by atoms with E-state index in [-0.39, 0.29) is 12.2 Å². The van der Waals surface area contributed by atoms with Crippen LogP contribution in [0.2, 0.25) is 0 Å². The van der Waals surface area contributed by atoms with E-state index in [2.05, 4.69) is 10.4 Å². The summed E-state index contributed by atoms with van der Waals surface area (Å²) in [4.78, 5) is 23.9. The van der Waals surface area contributed by atoms with Crippen molar-refractivity contribution in [2.75, 3.05) is 16.9 Å². The van der Waals surface area contributed by atoms with Crippen LogP contribution in [0, 0.1) is 11.3 Å². The number of rotatable bonds is 6. The van der Waals surface area contributed by atoms with Crippen LogP contribution in [0.15, 0.2) is 30.6 Å². The van der Waals surface area contributed by atoms with Crippen molar-refractivity contribution in [1.29, 1.82) is 5.26 Å². The summed E-state index contributed by atoms with van der Waals surface area (Å²) in [6.45, 7) is 3.76. The highest BCUT2D eigenvalue weighted by Gasteiger charge is 2.34. The monoisotopic (exact) mass is 445 g/mol. The summed E-state index contributed by atoms with van der Waals surface area (Å²) in [5.74, 6) is -2.34. The van der Waals surface area contributed by atoms with Crippen LogP contribution in [0.25, 0.3) is 0 Å². The first-order valence-corrected chi connectivity index (χ1v) is 9.13. The summed E-state index contributed by atoms with van der Waals surface area (Å²) in [7, 11) is 0. The first-order chi connectivity index (χ1) is 14.1. The summed E-state index contributed by atoms with van der Waals surface area (Å²) in [5.41, 5.74) is 3.78. The number of nitrogens with zero attached hydrogens (tertiary/aromatic N) is 3. The highest BCUT2D eigenvalue weighted by atomic mass is 35.5. The second-order valence-electron chi connectivity index (χ2n) is 5.47. The Labute approximate surface area is 175 Å². The molecule has 1 aromatic carbocycles. The topological polar surface area (TPSA) is 123 Å². The number of nitrogens with two attached hydrogens (primary N) is 1. The fraction of sp³-hybridized carbons (Fsp3) is 0.333. The molecule has 8 nitrogen and oxygen atoms in total. The standard InChI is InChI=1S/C16H13ClF3N5O3.C2H6/c17-4-14(26)28-13(8-25-7-10(22)6-23-25)15(27)24-11-2-1-9(5-21)12(3-11)16(18,19)20;1-2/h1-3,6-7,13H,4,8,22H2,(H,24,27);1-2H3. The van der Waals surface area contributed by atoms with E-state index >= 15 is 0 Å². The third-order valence-electron chi connectivity index (χ3n) is 3.39. The van der Waals surface area contributed by atoms with Gasteiger partial charge in [-0.05, 0) is 18.2 Å². The van der Waals surface area contributed by atoms with Crippen molar-refractivity contribution in [3.8, 4) is 6.07 Å². The zero-order chi connectivity index (χ0) is 22.9. The molecule has 2 rings (SSSR count). The molecule has 3 N–H and O–H groups in total. The molecule has 1 amide bonds. The van der Waals surface area contributed by atoms with Crippen molar-refractivity contribution in [2.45, 2.75) is 32.7 Å². The molecule has 1 heterocycles. The van der Waals surface area contributed by atoms with Gasteiger partial charge in [0.05, 0.1) is 35.6 Å².